The van der Waals surface area contributed by atoms with Crippen molar-refractivity contribution >= 4 is 46.7 Å². The number of aromatic nitrogens is 2. The zero-order valence-electron chi connectivity index (χ0n) is 13.2. The highest BCUT2D eigenvalue weighted by Crippen LogP contribution is 2.21. The van der Waals surface area contributed by atoms with Gasteiger partial charge >= 0.3 is 0 Å². The van der Waals surface area contributed by atoms with Gasteiger partial charge in [-0.3, -0.25) is 9.59 Å². The van der Waals surface area contributed by atoms with Crippen LogP contribution in [-0.2, 0) is 10.5 Å². The summed E-state index contributed by atoms with van der Waals surface area (Å²) in [6.45, 7) is 2.11. The molecule has 0 atom stereocenters. The van der Waals surface area contributed by atoms with E-state index in [-0.39, 0.29) is 17.2 Å². The zero-order chi connectivity index (χ0) is 17.4. The number of benzene rings is 1. The summed E-state index contributed by atoms with van der Waals surface area (Å²) in [5.41, 5.74) is 1.09. The number of aromatic amines is 1. The van der Waals surface area contributed by atoms with Gasteiger partial charge in [-0.05, 0) is 24.3 Å². The summed E-state index contributed by atoms with van der Waals surface area (Å²) in [5.74, 6) is 1.65. The van der Waals surface area contributed by atoms with E-state index < -0.39 is 0 Å². The van der Waals surface area contributed by atoms with Crippen molar-refractivity contribution in [2.75, 3.05) is 16.8 Å². The van der Waals surface area contributed by atoms with Crippen LogP contribution >= 0.6 is 35.1 Å². The Bertz CT molecular complexity index is 752. The minimum absolute atomic E-state index is 0.139. The molecule has 0 spiro atoms. The molecule has 2 aromatic rings. The van der Waals surface area contributed by atoms with Crippen LogP contribution in [0.4, 0.5) is 5.69 Å². The summed E-state index contributed by atoms with van der Waals surface area (Å²) >= 11 is 8.93. The number of carbonyl (C=O) groups excluding carboxylic acids is 1. The fraction of sp³-hybridized carbons (Fsp3) is 0.312. The first-order valence-corrected chi connectivity index (χ1v) is 9.95. The van der Waals surface area contributed by atoms with Crippen molar-refractivity contribution in [3.63, 3.8) is 0 Å². The van der Waals surface area contributed by atoms with E-state index >= 15 is 0 Å². The Hall–Kier alpha value is -1.44. The van der Waals surface area contributed by atoms with Gasteiger partial charge in [-0.2, -0.15) is 11.8 Å². The van der Waals surface area contributed by atoms with Crippen LogP contribution in [0.1, 0.15) is 19.0 Å². The van der Waals surface area contributed by atoms with E-state index in [2.05, 4.69) is 22.2 Å². The average Bonchev–Trinajstić information content (AvgIpc) is 2.55. The summed E-state index contributed by atoms with van der Waals surface area (Å²) in [4.78, 5) is 30.7. The third-order valence-corrected chi connectivity index (χ3v) is 5.26. The summed E-state index contributed by atoms with van der Waals surface area (Å²) in [6.07, 6.45) is 1.08. The lowest BCUT2D eigenvalue weighted by atomic mass is 10.3. The first-order valence-electron chi connectivity index (χ1n) is 7.43. The normalized spacial score (nSPS) is 10.6. The molecule has 128 valence electrons. The minimum atomic E-state index is -0.207. The molecule has 24 heavy (non-hydrogen) atoms. The van der Waals surface area contributed by atoms with E-state index in [1.165, 1.54) is 17.8 Å². The van der Waals surface area contributed by atoms with Crippen LogP contribution in [0.15, 0.2) is 40.3 Å². The summed E-state index contributed by atoms with van der Waals surface area (Å²) < 4.78 is 0. The number of amides is 1. The van der Waals surface area contributed by atoms with E-state index in [1.807, 2.05) is 0 Å². The van der Waals surface area contributed by atoms with Gasteiger partial charge in [0.2, 0.25) is 5.91 Å². The Morgan fingerprint density at radius 2 is 2.17 bits per heavy atom. The molecular formula is C16H18ClN3O2S2. The number of thioether (sulfide) groups is 2. The molecule has 1 aromatic heterocycles. The standard InChI is InChI=1S/C16H18ClN3O2S2/c1-2-7-23-9-11-8-14(21)20-16(18-11)24-10-15(22)19-13-6-4-3-5-12(13)17/h3-6,8H,2,7,9-10H2,1H3,(H,19,22)(H,18,20,21). The Balaban J connectivity index is 1.92. The number of H-pyrrole nitrogens is 1. The number of carbonyl (C=O) groups is 1. The molecule has 1 heterocycles. The summed E-state index contributed by atoms with van der Waals surface area (Å²) in [6, 6.07) is 8.53. The smallest absolute Gasteiger partial charge is 0.251 e. The molecule has 0 aliphatic carbocycles. The van der Waals surface area contributed by atoms with Crippen molar-refractivity contribution in [1.29, 1.82) is 0 Å². The fourth-order valence-corrected chi connectivity index (χ4v) is 3.50. The third kappa shape index (κ3) is 6.22. The average molecular weight is 384 g/mol. The first kappa shape index (κ1) is 18.9. The largest absolute Gasteiger partial charge is 0.324 e. The van der Waals surface area contributed by atoms with Crippen molar-refractivity contribution in [2.24, 2.45) is 0 Å². The van der Waals surface area contributed by atoms with Crippen molar-refractivity contribution < 1.29 is 4.79 Å². The highest BCUT2D eigenvalue weighted by Gasteiger charge is 2.08. The summed E-state index contributed by atoms with van der Waals surface area (Å²) in [7, 11) is 0. The quantitative estimate of drug-likeness (QED) is 0.412. The van der Waals surface area contributed by atoms with E-state index in [9.17, 15) is 9.59 Å². The zero-order valence-corrected chi connectivity index (χ0v) is 15.6. The van der Waals surface area contributed by atoms with Crippen molar-refractivity contribution in [3.05, 3.63) is 51.4 Å². The number of halogens is 1. The Morgan fingerprint density at radius 3 is 2.92 bits per heavy atom. The molecule has 1 aromatic carbocycles. The van der Waals surface area contributed by atoms with Gasteiger partial charge in [-0.25, -0.2) is 4.98 Å². The lowest BCUT2D eigenvalue weighted by molar-refractivity contribution is -0.113. The van der Waals surface area contributed by atoms with Gasteiger partial charge in [0.05, 0.1) is 22.2 Å². The van der Waals surface area contributed by atoms with Gasteiger partial charge in [0.25, 0.3) is 5.56 Å². The molecule has 0 unspecified atom stereocenters. The van der Waals surface area contributed by atoms with Crippen LogP contribution < -0.4 is 10.9 Å². The molecule has 2 rings (SSSR count). The fourth-order valence-electron chi connectivity index (χ4n) is 1.83. The molecule has 8 heteroatoms. The van der Waals surface area contributed by atoms with Gasteiger partial charge in [0, 0.05) is 11.8 Å². The van der Waals surface area contributed by atoms with Crippen molar-refractivity contribution in [3.8, 4) is 0 Å². The van der Waals surface area contributed by atoms with Crippen LogP contribution in [0.2, 0.25) is 5.02 Å². The number of para-hydroxylation sites is 1. The van der Waals surface area contributed by atoms with Crippen molar-refractivity contribution in [2.45, 2.75) is 24.3 Å². The molecular weight excluding hydrogens is 366 g/mol. The molecule has 2 N–H and O–H groups in total. The second-order valence-corrected chi connectivity index (χ2v) is 7.39. The summed E-state index contributed by atoms with van der Waals surface area (Å²) in [5, 5.41) is 3.67. The molecule has 1 amide bonds. The topological polar surface area (TPSA) is 74.8 Å². The van der Waals surface area contributed by atoms with Gasteiger partial charge in [0.1, 0.15) is 0 Å². The maximum atomic E-state index is 12.0. The maximum Gasteiger partial charge on any atom is 0.251 e. The van der Waals surface area contributed by atoms with Crippen LogP contribution in [0.3, 0.4) is 0 Å². The Morgan fingerprint density at radius 1 is 1.38 bits per heavy atom. The Labute approximate surface area is 154 Å². The van der Waals surface area contributed by atoms with Gasteiger partial charge in [-0.1, -0.05) is 42.4 Å². The van der Waals surface area contributed by atoms with Gasteiger partial charge < -0.3 is 10.3 Å². The molecule has 0 fully saturated rings. The predicted molar refractivity (Wildman–Crippen MR) is 102 cm³/mol. The molecule has 0 saturated carbocycles. The highest BCUT2D eigenvalue weighted by atomic mass is 35.5. The second kappa shape index (κ2) is 9.76. The van der Waals surface area contributed by atoms with Crippen molar-refractivity contribution in [1.82, 2.24) is 9.97 Å². The number of hydrogen-bond acceptors (Lipinski definition) is 5. The van der Waals surface area contributed by atoms with E-state index in [0.29, 0.717) is 21.6 Å². The molecule has 0 radical (unpaired) electrons. The molecule has 0 aliphatic rings. The van der Waals surface area contributed by atoms with Crippen LogP contribution in [0.5, 0.6) is 0 Å². The minimum Gasteiger partial charge on any atom is -0.324 e. The van der Waals surface area contributed by atoms with Crippen LogP contribution in [0, 0.1) is 0 Å². The van der Waals surface area contributed by atoms with E-state index in [4.69, 9.17) is 11.6 Å². The van der Waals surface area contributed by atoms with Crippen LogP contribution in [-0.4, -0.2) is 27.4 Å². The maximum absolute atomic E-state index is 12.0. The lowest BCUT2D eigenvalue weighted by Gasteiger charge is -2.07. The third-order valence-electron chi connectivity index (χ3n) is 2.86. The van der Waals surface area contributed by atoms with E-state index in [1.54, 1.807) is 36.0 Å². The number of nitrogens with one attached hydrogen (secondary N) is 2. The first-order chi connectivity index (χ1) is 11.6. The number of hydrogen-bond donors (Lipinski definition) is 2. The Kier molecular flexibility index (Phi) is 7.68. The monoisotopic (exact) mass is 383 g/mol. The number of nitrogens with zero attached hydrogens (tertiary/aromatic N) is 1. The SMILES string of the molecule is CCCSCc1cc(=O)[nH]c(SCC(=O)Nc2ccccc2Cl)n1. The van der Waals surface area contributed by atoms with Gasteiger partial charge in [0.15, 0.2) is 5.16 Å². The highest BCUT2D eigenvalue weighted by molar-refractivity contribution is 7.99. The molecule has 0 bridgehead atoms. The second-order valence-electron chi connectivity index (χ2n) is 4.91. The molecule has 5 nitrogen and oxygen atoms in total. The van der Waals surface area contributed by atoms with Gasteiger partial charge in [-0.15, -0.1) is 0 Å². The molecule has 0 saturated heterocycles. The van der Waals surface area contributed by atoms with Crippen LogP contribution in [0.25, 0.3) is 0 Å². The van der Waals surface area contributed by atoms with E-state index in [0.717, 1.165) is 17.9 Å². The molecule has 0 aliphatic heterocycles. The number of anilines is 1. The lowest BCUT2D eigenvalue weighted by Crippen LogP contribution is -2.16. The predicted octanol–water partition coefficient (Wildman–Crippen LogP) is 3.80. The number of rotatable bonds is 8.